The Kier molecular flexibility index (Phi) is 12.5. The van der Waals surface area contributed by atoms with Gasteiger partial charge in [-0.1, -0.05) is 54.1 Å². The SMILES string of the molecule is CCOC(=O)C(C)c1ccc(OC)c(/C=C/C=C(\C=C(/C)CN(CC)C(=O)OCc2ccccc2)C(F)(F)F)c1. The molecule has 0 saturated carbocycles. The monoisotopic (exact) mass is 559 g/mol. The lowest BCUT2D eigenvalue weighted by Crippen LogP contribution is -2.32. The molecule has 0 aliphatic carbocycles. The van der Waals surface area contributed by atoms with E-state index < -0.39 is 29.7 Å². The number of benzene rings is 2. The Morgan fingerprint density at radius 2 is 1.75 bits per heavy atom. The predicted octanol–water partition coefficient (Wildman–Crippen LogP) is 7.47. The molecule has 1 unspecified atom stereocenters. The van der Waals surface area contributed by atoms with Crippen molar-refractivity contribution in [2.75, 3.05) is 26.8 Å². The van der Waals surface area contributed by atoms with Gasteiger partial charge in [-0.3, -0.25) is 4.79 Å². The third-order valence-electron chi connectivity index (χ3n) is 5.96. The van der Waals surface area contributed by atoms with Gasteiger partial charge in [0.15, 0.2) is 0 Å². The van der Waals surface area contributed by atoms with Crippen LogP contribution in [0, 0.1) is 0 Å². The first-order valence-electron chi connectivity index (χ1n) is 12.9. The van der Waals surface area contributed by atoms with Gasteiger partial charge in [-0.05, 0) is 63.1 Å². The summed E-state index contributed by atoms with van der Waals surface area (Å²) in [4.78, 5) is 26.0. The van der Waals surface area contributed by atoms with Gasteiger partial charge in [0.1, 0.15) is 12.4 Å². The first kappa shape index (κ1) is 32.2. The van der Waals surface area contributed by atoms with Crippen molar-refractivity contribution < 1.29 is 37.0 Å². The Morgan fingerprint density at radius 3 is 2.35 bits per heavy atom. The number of esters is 1. The highest BCUT2D eigenvalue weighted by Gasteiger charge is 2.32. The van der Waals surface area contributed by atoms with Gasteiger partial charge in [0.2, 0.25) is 0 Å². The minimum Gasteiger partial charge on any atom is -0.496 e. The number of nitrogens with zero attached hydrogens (tertiary/aromatic N) is 1. The normalized spacial score (nSPS) is 13.2. The minimum atomic E-state index is -4.62. The van der Waals surface area contributed by atoms with E-state index in [9.17, 15) is 22.8 Å². The maximum absolute atomic E-state index is 13.8. The van der Waals surface area contributed by atoms with Gasteiger partial charge in [0.25, 0.3) is 0 Å². The fraction of sp³-hybridized carbons (Fsp3) is 0.355. The van der Waals surface area contributed by atoms with Gasteiger partial charge >= 0.3 is 18.2 Å². The van der Waals surface area contributed by atoms with Crippen molar-refractivity contribution >= 4 is 18.1 Å². The van der Waals surface area contributed by atoms with E-state index in [0.29, 0.717) is 22.4 Å². The van der Waals surface area contributed by atoms with Gasteiger partial charge in [-0.25, -0.2) is 4.79 Å². The number of hydrogen-bond donors (Lipinski definition) is 0. The Bertz CT molecular complexity index is 1220. The van der Waals surface area contributed by atoms with Crippen molar-refractivity contribution in [2.45, 2.75) is 46.4 Å². The number of alkyl halides is 3. The van der Waals surface area contributed by atoms with Crippen LogP contribution in [0.3, 0.4) is 0 Å². The van der Waals surface area contributed by atoms with Crippen molar-refractivity contribution in [3.8, 4) is 5.75 Å². The van der Waals surface area contributed by atoms with E-state index in [0.717, 1.165) is 17.7 Å². The summed E-state index contributed by atoms with van der Waals surface area (Å²) in [5.41, 5.74) is 1.41. The van der Waals surface area contributed by atoms with Crippen LogP contribution in [-0.4, -0.2) is 49.9 Å². The minimum absolute atomic E-state index is 0.0249. The van der Waals surface area contributed by atoms with E-state index in [1.807, 2.05) is 30.3 Å². The zero-order valence-corrected chi connectivity index (χ0v) is 23.5. The molecule has 6 nitrogen and oxygen atoms in total. The summed E-state index contributed by atoms with van der Waals surface area (Å²) in [5, 5.41) is 0. The molecule has 0 aromatic heterocycles. The number of allylic oxidation sites excluding steroid dienone is 4. The second kappa shape index (κ2) is 15.5. The zero-order chi connectivity index (χ0) is 29.7. The molecule has 0 heterocycles. The molecule has 1 amide bonds. The third kappa shape index (κ3) is 9.94. The van der Waals surface area contributed by atoms with Crippen LogP contribution in [0.4, 0.5) is 18.0 Å². The van der Waals surface area contributed by atoms with E-state index in [2.05, 4.69) is 0 Å². The first-order valence-corrected chi connectivity index (χ1v) is 12.9. The van der Waals surface area contributed by atoms with Crippen LogP contribution in [0.15, 0.2) is 77.9 Å². The van der Waals surface area contributed by atoms with Crippen LogP contribution in [0.25, 0.3) is 6.08 Å². The highest BCUT2D eigenvalue weighted by molar-refractivity contribution is 5.78. The third-order valence-corrected chi connectivity index (χ3v) is 5.96. The van der Waals surface area contributed by atoms with Gasteiger partial charge in [0.05, 0.1) is 25.2 Å². The average Bonchev–Trinajstić information content (AvgIpc) is 2.93. The number of ether oxygens (including phenoxy) is 3. The lowest BCUT2D eigenvalue weighted by molar-refractivity contribution is -0.144. The van der Waals surface area contributed by atoms with Crippen LogP contribution < -0.4 is 4.74 Å². The number of amides is 1. The molecule has 1 atom stereocenters. The molecule has 0 N–H and O–H groups in total. The maximum Gasteiger partial charge on any atom is 0.416 e. The summed E-state index contributed by atoms with van der Waals surface area (Å²) < 4.78 is 57.2. The van der Waals surface area contributed by atoms with Crippen LogP contribution in [0.1, 0.15) is 50.3 Å². The van der Waals surface area contributed by atoms with E-state index in [1.165, 1.54) is 31.1 Å². The molecule has 216 valence electrons. The summed E-state index contributed by atoms with van der Waals surface area (Å²) in [5.74, 6) is -0.504. The molecule has 2 aromatic carbocycles. The lowest BCUT2D eigenvalue weighted by Gasteiger charge is -2.21. The number of carbonyl (C=O) groups is 2. The largest absolute Gasteiger partial charge is 0.496 e. The molecule has 0 fully saturated rings. The number of likely N-dealkylation sites (N-methyl/N-ethyl adjacent to an activating group) is 1. The first-order chi connectivity index (χ1) is 19.0. The maximum atomic E-state index is 13.8. The highest BCUT2D eigenvalue weighted by Crippen LogP contribution is 2.29. The van der Waals surface area contributed by atoms with Crippen molar-refractivity contribution in [2.24, 2.45) is 0 Å². The standard InChI is InChI=1S/C31H36F3NO5/c1-6-35(30(37)40-21-24-12-9-8-10-13-24)20-22(3)18-27(31(32,33)34)15-11-14-26-19-25(16-17-28(26)38-5)23(4)29(36)39-7-2/h8-19,23H,6-7,20-21H2,1-5H3/b14-11+,22-18+,27-15+. The fourth-order valence-corrected chi connectivity index (χ4v) is 3.76. The van der Waals surface area contributed by atoms with E-state index in [1.54, 1.807) is 39.0 Å². The van der Waals surface area contributed by atoms with Crippen molar-refractivity contribution in [3.05, 3.63) is 94.6 Å². The van der Waals surface area contributed by atoms with Crippen LogP contribution >= 0.6 is 0 Å². The second-order valence-corrected chi connectivity index (χ2v) is 9.00. The zero-order valence-electron chi connectivity index (χ0n) is 23.5. The number of carbonyl (C=O) groups excluding carboxylic acids is 2. The fourth-order valence-electron chi connectivity index (χ4n) is 3.76. The second-order valence-electron chi connectivity index (χ2n) is 9.00. The van der Waals surface area contributed by atoms with Gasteiger partial charge in [-0.2, -0.15) is 13.2 Å². The summed E-state index contributed by atoms with van der Waals surface area (Å²) in [6.07, 6.45) is -0.521. The van der Waals surface area contributed by atoms with Crippen LogP contribution in [0.2, 0.25) is 0 Å². The molecule has 0 bridgehead atoms. The molecule has 0 saturated heterocycles. The molecule has 2 rings (SSSR count). The van der Waals surface area contributed by atoms with E-state index >= 15 is 0 Å². The molecule has 2 aromatic rings. The van der Waals surface area contributed by atoms with Crippen LogP contribution in [-0.2, 0) is 20.9 Å². The van der Waals surface area contributed by atoms with Crippen molar-refractivity contribution in [1.29, 1.82) is 0 Å². The molecule has 0 aliphatic rings. The summed E-state index contributed by atoms with van der Waals surface area (Å²) in [7, 11) is 1.45. The summed E-state index contributed by atoms with van der Waals surface area (Å²) in [6, 6.07) is 14.2. The Hall–Kier alpha value is -4.01. The molecule has 0 spiro atoms. The summed E-state index contributed by atoms with van der Waals surface area (Å²) >= 11 is 0. The average molecular weight is 560 g/mol. The van der Waals surface area contributed by atoms with Crippen molar-refractivity contribution in [3.63, 3.8) is 0 Å². The molecular weight excluding hydrogens is 523 g/mol. The van der Waals surface area contributed by atoms with Gasteiger partial charge < -0.3 is 19.1 Å². The quantitative estimate of drug-likeness (QED) is 0.199. The Balaban J connectivity index is 2.22. The molecule has 0 aliphatic heterocycles. The summed E-state index contributed by atoms with van der Waals surface area (Å²) in [6.45, 7) is 7.22. The smallest absolute Gasteiger partial charge is 0.416 e. The Labute approximate surface area is 233 Å². The number of halogens is 3. The van der Waals surface area contributed by atoms with Gasteiger partial charge in [0, 0.05) is 18.7 Å². The Morgan fingerprint density at radius 1 is 1.05 bits per heavy atom. The number of methoxy groups -OCH3 is 1. The molecule has 40 heavy (non-hydrogen) atoms. The van der Waals surface area contributed by atoms with Gasteiger partial charge in [-0.15, -0.1) is 0 Å². The van der Waals surface area contributed by atoms with E-state index in [4.69, 9.17) is 14.2 Å². The van der Waals surface area contributed by atoms with E-state index in [-0.39, 0.29) is 26.3 Å². The van der Waals surface area contributed by atoms with Crippen LogP contribution in [0.5, 0.6) is 5.75 Å². The number of hydrogen-bond acceptors (Lipinski definition) is 5. The molecular formula is C31H36F3NO5. The highest BCUT2D eigenvalue weighted by atomic mass is 19.4. The van der Waals surface area contributed by atoms with Crippen molar-refractivity contribution in [1.82, 2.24) is 4.90 Å². The lowest BCUT2D eigenvalue weighted by atomic mass is 9.98. The topological polar surface area (TPSA) is 65.1 Å². The predicted molar refractivity (Wildman–Crippen MR) is 149 cm³/mol. The molecule has 9 heteroatoms. The number of rotatable bonds is 12. The molecule has 0 radical (unpaired) electrons.